The maximum atomic E-state index is 13.1. The number of carbonyl (C=O) groups excluding carboxylic acids is 1. The smallest absolute Gasteiger partial charge is 0.251 e. The number of rotatable bonds is 3. The number of alkyl halides is 2. The van der Waals surface area contributed by atoms with E-state index in [-0.39, 0.29) is 37.8 Å². The van der Waals surface area contributed by atoms with Crippen molar-refractivity contribution in [3.63, 3.8) is 0 Å². The second-order valence-corrected chi connectivity index (χ2v) is 7.22. The van der Waals surface area contributed by atoms with Crippen LogP contribution in [0.4, 0.5) is 13.9 Å². The van der Waals surface area contributed by atoms with Crippen molar-refractivity contribution in [2.75, 3.05) is 31.1 Å². The fraction of sp³-hybridized carbons (Fsp3) is 0.786. The highest BCUT2D eigenvalue weighted by molar-refractivity contribution is 7.09. The number of piperidine rings is 1. The van der Waals surface area contributed by atoms with Crippen molar-refractivity contribution in [1.29, 1.82) is 0 Å². The highest BCUT2D eigenvalue weighted by Gasteiger charge is 2.41. The first-order chi connectivity index (χ1) is 10.5. The van der Waals surface area contributed by atoms with Crippen molar-refractivity contribution in [3.8, 4) is 0 Å². The lowest BCUT2D eigenvalue weighted by molar-refractivity contribution is -0.142. The van der Waals surface area contributed by atoms with Gasteiger partial charge in [-0.3, -0.25) is 4.79 Å². The lowest BCUT2D eigenvalue weighted by Gasteiger charge is -2.41. The van der Waals surface area contributed by atoms with Gasteiger partial charge in [0, 0.05) is 56.5 Å². The van der Waals surface area contributed by atoms with Gasteiger partial charge in [0.15, 0.2) is 0 Å². The van der Waals surface area contributed by atoms with Crippen LogP contribution in [-0.4, -0.2) is 52.3 Å². The van der Waals surface area contributed by atoms with Gasteiger partial charge in [-0.25, -0.2) is 13.8 Å². The van der Waals surface area contributed by atoms with Gasteiger partial charge in [0.25, 0.3) is 5.92 Å². The Bertz CT molecular complexity index is 573. The zero-order valence-electron chi connectivity index (χ0n) is 12.2. The Balaban J connectivity index is 1.30. The number of likely N-dealkylation sites (tertiary alicyclic amines) is 1. The maximum Gasteiger partial charge on any atom is 0.251 e. The van der Waals surface area contributed by atoms with Gasteiger partial charge in [0.1, 0.15) is 5.82 Å². The molecule has 120 valence electrons. The molecular formula is C14H18F2N4OS. The average molecular weight is 328 g/mol. The molecule has 8 heteroatoms. The van der Waals surface area contributed by atoms with Gasteiger partial charge in [-0.1, -0.05) is 0 Å². The third-order valence-electron chi connectivity index (χ3n) is 4.68. The van der Waals surface area contributed by atoms with E-state index in [0.717, 1.165) is 11.0 Å². The average Bonchev–Trinajstić information content (AvgIpc) is 3.17. The van der Waals surface area contributed by atoms with Gasteiger partial charge >= 0.3 is 0 Å². The molecule has 1 saturated carbocycles. The van der Waals surface area contributed by atoms with Gasteiger partial charge in [-0.15, -0.1) is 0 Å². The fourth-order valence-corrected chi connectivity index (χ4v) is 3.73. The lowest BCUT2D eigenvalue weighted by atomic mass is 9.97. The molecule has 1 aliphatic carbocycles. The van der Waals surface area contributed by atoms with Gasteiger partial charge in [0.2, 0.25) is 11.0 Å². The molecule has 0 radical (unpaired) electrons. The van der Waals surface area contributed by atoms with Crippen LogP contribution in [0.2, 0.25) is 0 Å². The van der Waals surface area contributed by atoms with Crippen LogP contribution in [0.5, 0.6) is 0 Å². The zero-order chi connectivity index (χ0) is 15.3. The van der Waals surface area contributed by atoms with Crippen LogP contribution >= 0.6 is 11.5 Å². The topological polar surface area (TPSA) is 49.3 Å². The zero-order valence-corrected chi connectivity index (χ0v) is 13.0. The van der Waals surface area contributed by atoms with Crippen molar-refractivity contribution >= 4 is 22.6 Å². The molecule has 2 aliphatic heterocycles. The van der Waals surface area contributed by atoms with E-state index < -0.39 is 5.92 Å². The summed E-state index contributed by atoms with van der Waals surface area (Å²) in [4.78, 5) is 20.5. The van der Waals surface area contributed by atoms with E-state index in [2.05, 4.69) is 14.3 Å². The van der Waals surface area contributed by atoms with Crippen LogP contribution in [0.3, 0.4) is 0 Å². The molecule has 0 spiro atoms. The van der Waals surface area contributed by atoms with E-state index in [1.165, 1.54) is 24.4 Å². The summed E-state index contributed by atoms with van der Waals surface area (Å²) in [7, 11) is 0. The Morgan fingerprint density at radius 1 is 1.23 bits per heavy atom. The summed E-state index contributed by atoms with van der Waals surface area (Å²) in [6, 6.07) is 0. The molecule has 2 saturated heterocycles. The molecule has 0 atom stereocenters. The highest BCUT2D eigenvalue weighted by atomic mass is 32.1. The second-order valence-electron chi connectivity index (χ2n) is 6.49. The molecule has 1 aromatic rings. The molecule has 0 N–H and O–H groups in total. The first kappa shape index (κ1) is 14.3. The van der Waals surface area contributed by atoms with Crippen LogP contribution in [0.25, 0.3) is 0 Å². The first-order valence-electron chi connectivity index (χ1n) is 7.77. The molecule has 4 rings (SSSR count). The van der Waals surface area contributed by atoms with E-state index >= 15 is 0 Å². The first-order valence-corrected chi connectivity index (χ1v) is 8.54. The highest BCUT2D eigenvalue weighted by Crippen LogP contribution is 2.40. The Labute approximate surface area is 131 Å². The summed E-state index contributed by atoms with van der Waals surface area (Å²) in [6.07, 6.45) is 1.93. The number of halogens is 2. The van der Waals surface area contributed by atoms with Crippen molar-refractivity contribution < 1.29 is 13.6 Å². The number of hydrogen-bond acceptors (Lipinski definition) is 5. The van der Waals surface area contributed by atoms with Gasteiger partial charge < -0.3 is 9.80 Å². The van der Waals surface area contributed by atoms with Crippen molar-refractivity contribution in [2.24, 2.45) is 5.92 Å². The monoisotopic (exact) mass is 328 g/mol. The normalized spacial score (nSPS) is 25.2. The summed E-state index contributed by atoms with van der Waals surface area (Å²) in [5, 5.41) is 0.885. The number of aromatic nitrogens is 2. The molecule has 0 bridgehead atoms. The summed E-state index contributed by atoms with van der Waals surface area (Å²) >= 11 is 1.39. The predicted octanol–water partition coefficient (Wildman–Crippen LogP) is 2.11. The van der Waals surface area contributed by atoms with E-state index in [4.69, 9.17) is 0 Å². The number of amides is 1. The molecule has 0 aromatic carbocycles. The standard InChI is InChI=1S/C14H18F2N4OS/c15-14(16)3-5-19(6-4-14)12(21)10-7-20(8-10)13-17-11(18-22-13)9-1-2-9/h9-10H,1-8H2. The minimum absolute atomic E-state index is 0.0127. The van der Waals surface area contributed by atoms with E-state index in [1.54, 1.807) is 4.90 Å². The molecule has 22 heavy (non-hydrogen) atoms. The molecule has 1 amide bonds. The number of carbonyl (C=O) groups is 1. The SMILES string of the molecule is O=C(C1CN(c2nc(C3CC3)ns2)C1)N1CCC(F)(F)CC1. The minimum Gasteiger partial charge on any atom is -0.345 e. The van der Waals surface area contributed by atoms with Crippen LogP contribution in [0.15, 0.2) is 0 Å². The van der Waals surface area contributed by atoms with Crippen molar-refractivity contribution in [1.82, 2.24) is 14.3 Å². The van der Waals surface area contributed by atoms with E-state index in [1.807, 2.05) is 0 Å². The summed E-state index contributed by atoms with van der Waals surface area (Å²) in [5.41, 5.74) is 0. The quantitative estimate of drug-likeness (QED) is 0.853. The molecule has 3 aliphatic rings. The Morgan fingerprint density at radius 3 is 2.55 bits per heavy atom. The van der Waals surface area contributed by atoms with Gasteiger partial charge in [0.05, 0.1) is 5.92 Å². The maximum absolute atomic E-state index is 13.1. The number of hydrogen-bond donors (Lipinski definition) is 0. The van der Waals surface area contributed by atoms with E-state index in [9.17, 15) is 13.6 Å². The molecule has 0 unspecified atom stereocenters. The van der Waals surface area contributed by atoms with Gasteiger partial charge in [-0.05, 0) is 12.8 Å². The Kier molecular flexibility index (Phi) is 3.32. The number of anilines is 1. The molecule has 3 heterocycles. The minimum atomic E-state index is -2.60. The van der Waals surface area contributed by atoms with Gasteiger partial charge in [-0.2, -0.15) is 4.37 Å². The second kappa shape index (κ2) is 5.11. The largest absolute Gasteiger partial charge is 0.345 e. The van der Waals surface area contributed by atoms with Crippen molar-refractivity contribution in [2.45, 2.75) is 37.5 Å². The number of nitrogens with zero attached hydrogens (tertiary/aromatic N) is 4. The fourth-order valence-electron chi connectivity index (χ4n) is 2.97. The van der Waals surface area contributed by atoms with Crippen LogP contribution in [0, 0.1) is 5.92 Å². The van der Waals surface area contributed by atoms with Crippen molar-refractivity contribution in [3.05, 3.63) is 5.82 Å². The van der Waals surface area contributed by atoms with Crippen LogP contribution in [-0.2, 0) is 4.79 Å². The van der Waals surface area contributed by atoms with Crippen LogP contribution < -0.4 is 4.90 Å². The molecule has 3 fully saturated rings. The molecular weight excluding hydrogens is 310 g/mol. The summed E-state index contributed by atoms with van der Waals surface area (Å²) in [6.45, 7) is 1.61. The third kappa shape index (κ3) is 2.68. The molecule has 1 aromatic heterocycles. The predicted molar refractivity (Wildman–Crippen MR) is 78.3 cm³/mol. The lowest BCUT2D eigenvalue weighted by Crippen LogP contribution is -2.56. The van der Waals surface area contributed by atoms with Crippen LogP contribution in [0.1, 0.15) is 37.4 Å². The Morgan fingerprint density at radius 2 is 1.91 bits per heavy atom. The summed E-state index contributed by atoms with van der Waals surface area (Å²) in [5.74, 6) is -1.20. The van der Waals surface area contributed by atoms with E-state index in [0.29, 0.717) is 19.0 Å². The molecule has 5 nitrogen and oxygen atoms in total. The Hall–Kier alpha value is -1.31. The summed E-state index contributed by atoms with van der Waals surface area (Å²) < 4.78 is 30.6. The third-order valence-corrected chi connectivity index (χ3v) is 5.47.